The molecule has 1 rings (SSSR count). The van der Waals surface area contributed by atoms with E-state index in [9.17, 15) is 19.2 Å². The van der Waals surface area contributed by atoms with Crippen molar-refractivity contribution in [3.63, 3.8) is 0 Å². The summed E-state index contributed by atoms with van der Waals surface area (Å²) in [4.78, 5) is 48.2. The maximum Gasteiger partial charge on any atom is 0.305 e. The number of esters is 4. The van der Waals surface area contributed by atoms with Gasteiger partial charge in [-0.15, -0.1) is 0 Å². The van der Waals surface area contributed by atoms with Gasteiger partial charge in [0.05, 0.1) is 0 Å². The number of nitrogens with one attached hydrogen (secondary N) is 1. The topological polar surface area (TPSA) is 165 Å². The SMILES string of the molecule is CC(=O)OC[C@H]1O[C@H](OC(C)=O)[C@H](N=[N+]=N)[C@@H](OC(C)=O)[C@H]1OC(C)=O. The van der Waals surface area contributed by atoms with E-state index in [-0.39, 0.29) is 6.61 Å². The lowest BCUT2D eigenvalue weighted by Crippen LogP contribution is -2.61. The highest BCUT2D eigenvalue weighted by atomic mass is 16.7. The van der Waals surface area contributed by atoms with Gasteiger partial charge >= 0.3 is 23.9 Å². The molecule has 5 atom stereocenters. The van der Waals surface area contributed by atoms with Gasteiger partial charge in [-0.3, -0.25) is 19.2 Å². The van der Waals surface area contributed by atoms with E-state index in [0.717, 1.165) is 27.7 Å². The summed E-state index contributed by atoms with van der Waals surface area (Å²) < 4.78 is 25.7. The second-order valence-corrected chi connectivity index (χ2v) is 5.31. The molecule has 1 saturated heterocycles. The molecule has 0 unspecified atom stereocenters. The fourth-order valence-electron chi connectivity index (χ4n) is 2.34. The van der Waals surface area contributed by atoms with Gasteiger partial charge in [-0.25, -0.2) is 0 Å². The van der Waals surface area contributed by atoms with Gasteiger partial charge in [0.15, 0.2) is 12.2 Å². The zero-order valence-corrected chi connectivity index (χ0v) is 14.7. The van der Waals surface area contributed by atoms with Crippen molar-refractivity contribution >= 4 is 23.9 Å². The van der Waals surface area contributed by atoms with Crippen molar-refractivity contribution in [2.75, 3.05) is 6.61 Å². The number of carbonyl (C=O) groups is 4. The largest absolute Gasteiger partial charge is 0.463 e. The fourth-order valence-corrected chi connectivity index (χ4v) is 2.34. The maximum absolute atomic E-state index is 11.5. The summed E-state index contributed by atoms with van der Waals surface area (Å²) in [6.07, 6.45) is -5.05. The molecule has 0 aliphatic carbocycles. The van der Waals surface area contributed by atoms with Crippen LogP contribution in [-0.2, 0) is 42.9 Å². The summed E-state index contributed by atoms with van der Waals surface area (Å²) in [5.74, 6) is -2.83. The fraction of sp³-hybridized carbons (Fsp3) is 0.714. The number of rotatable bonds is 6. The Morgan fingerprint density at radius 2 is 1.46 bits per heavy atom. The summed E-state index contributed by atoms with van der Waals surface area (Å²) >= 11 is 0. The first-order chi connectivity index (χ1) is 12.1. The third-order valence-electron chi connectivity index (χ3n) is 3.14. The lowest BCUT2D eigenvalue weighted by molar-refractivity contribution is -0.267. The van der Waals surface area contributed by atoms with Crippen LogP contribution in [0.15, 0.2) is 5.11 Å². The second kappa shape index (κ2) is 9.59. The Hall–Kier alpha value is -2.85. The highest BCUT2D eigenvalue weighted by Crippen LogP contribution is 2.29. The van der Waals surface area contributed by atoms with Crippen molar-refractivity contribution in [1.82, 2.24) is 4.91 Å². The molecule has 1 heterocycles. The zero-order valence-electron chi connectivity index (χ0n) is 14.7. The van der Waals surface area contributed by atoms with Gasteiger partial charge in [0.2, 0.25) is 17.2 Å². The summed E-state index contributed by atoms with van der Waals surface area (Å²) in [5.41, 5.74) is 6.92. The maximum atomic E-state index is 11.5. The highest BCUT2D eigenvalue weighted by molar-refractivity contribution is 5.68. The van der Waals surface area contributed by atoms with Gasteiger partial charge in [0.1, 0.15) is 23.4 Å². The molecule has 1 aliphatic rings. The van der Waals surface area contributed by atoms with Gasteiger partial charge in [0.25, 0.3) is 0 Å². The first-order valence-corrected chi connectivity index (χ1v) is 7.52. The standard InChI is InChI=1S/C14H20N3O9/c1-6(18)22-5-10-12(23-7(2)19)13(24-8(3)20)11(16-17-15)14(26-10)25-9(4)21/h10-15H,5H2,1-4H3/q+1/t10-,11-,12+,13-,14+/m1/s1. The smallest absolute Gasteiger partial charge is 0.305 e. The van der Waals surface area contributed by atoms with Gasteiger partial charge in [-0.1, -0.05) is 0 Å². The Morgan fingerprint density at radius 1 is 0.923 bits per heavy atom. The summed E-state index contributed by atoms with van der Waals surface area (Å²) in [7, 11) is 0. The quantitative estimate of drug-likeness (QED) is 0.282. The number of ether oxygens (including phenoxy) is 5. The third-order valence-corrected chi connectivity index (χ3v) is 3.14. The van der Waals surface area contributed by atoms with E-state index < -0.39 is 54.5 Å². The molecule has 12 nitrogen and oxygen atoms in total. The van der Waals surface area contributed by atoms with Crippen LogP contribution in [0.1, 0.15) is 27.7 Å². The molecule has 0 amide bonds. The van der Waals surface area contributed by atoms with Crippen molar-refractivity contribution in [2.45, 2.75) is 58.3 Å². The molecule has 0 bridgehead atoms. The molecule has 12 heteroatoms. The summed E-state index contributed by atoms with van der Waals surface area (Å²) in [6.45, 7) is 4.13. The predicted octanol–water partition coefficient (Wildman–Crippen LogP) is -0.380. The minimum Gasteiger partial charge on any atom is -0.463 e. The van der Waals surface area contributed by atoms with Gasteiger partial charge in [-0.2, -0.15) is 0 Å². The molecule has 26 heavy (non-hydrogen) atoms. The van der Waals surface area contributed by atoms with Crippen LogP contribution < -0.4 is 4.91 Å². The Balaban J connectivity index is 3.28. The summed E-state index contributed by atoms with van der Waals surface area (Å²) in [6, 6.07) is -1.27. The van der Waals surface area contributed by atoms with Gasteiger partial charge in [-0.05, 0) is 0 Å². The lowest BCUT2D eigenvalue weighted by Gasteiger charge is -2.40. The first-order valence-electron chi connectivity index (χ1n) is 7.52. The first kappa shape index (κ1) is 21.2. The van der Waals surface area contributed by atoms with Crippen LogP contribution in [0.4, 0.5) is 0 Å². The van der Waals surface area contributed by atoms with E-state index in [1.54, 1.807) is 0 Å². The van der Waals surface area contributed by atoms with E-state index in [1.165, 1.54) is 0 Å². The summed E-state index contributed by atoms with van der Waals surface area (Å²) in [5, 5.41) is 3.55. The van der Waals surface area contributed by atoms with Crippen LogP contribution in [-0.4, -0.2) is 61.1 Å². The van der Waals surface area contributed by atoms with Crippen LogP contribution in [0.2, 0.25) is 0 Å². The van der Waals surface area contributed by atoms with Crippen LogP contribution in [0, 0.1) is 5.53 Å². The predicted molar refractivity (Wildman–Crippen MR) is 79.2 cm³/mol. The van der Waals surface area contributed by atoms with E-state index in [4.69, 9.17) is 29.2 Å². The molecular weight excluding hydrogens is 354 g/mol. The van der Waals surface area contributed by atoms with Crippen molar-refractivity contribution in [2.24, 2.45) is 5.11 Å². The lowest BCUT2D eigenvalue weighted by atomic mass is 9.97. The Morgan fingerprint density at radius 3 is 1.92 bits per heavy atom. The van der Waals surface area contributed by atoms with Gasteiger partial charge in [0, 0.05) is 27.7 Å². The Kier molecular flexibility index (Phi) is 7.81. The molecule has 1 aliphatic heterocycles. The van der Waals surface area contributed by atoms with E-state index in [0.29, 0.717) is 0 Å². The molecule has 0 spiro atoms. The molecule has 1 N–H and O–H groups in total. The van der Waals surface area contributed by atoms with Gasteiger partial charge < -0.3 is 23.7 Å². The molecular formula is C14H20N3O9+. The molecule has 0 aromatic rings. The van der Waals surface area contributed by atoms with Crippen LogP contribution in [0.3, 0.4) is 0 Å². The van der Waals surface area contributed by atoms with Crippen LogP contribution in [0.5, 0.6) is 0 Å². The van der Waals surface area contributed by atoms with E-state index in [2.05, 4.69) is 10.0 Å². The molecule has 1 fully saturated rings. The number of carbonyl (C=O) groups excluding carboxylic acids is 4. The second-order valence-electron chi connectivity index (χ2n) is 5.31. The average Bonchev–Trinajstić information content (AvgIpc) is 2.49. The monoisotopic (exact) mass is 374 g/mol. The Labute approximate surface area is 148 Å². The Bertz CT molecular complexity index is 617. The van der Waals surface area contributed by atoms with Crippen LogP contribution in [0.25, 0.3) is 0 Å². The zero-order chi connectivity index (χ0) is 19.9. The molecule has 0 radical (unpaired) electrons. The molecule has 0 aromatic heterocycles. The normalized spacial score (nSPS) is 27.5. The van der Waals surface area contributed by atoms with E-state index in [1.807, 2.05) is 0 Å². The number of hydrogen-bond donors (Lipinski definition) is 1. The molecule has 0 saturated carbocycles. The molecule has 0 aromatic carbocycles. The van der Waals surface area contributed by atoms with E-state index >= 15 is 0 Å². The molecule has 144 valence electrons. The van der Waals surface area contributed by atoms with Crippen molar-refractivity contribution in [3.05, 3.63) is 0 Å². The third kappa shape index (κ3) is 6.22. The average molecular weight is 374 g/mol. The van der Waals surface area contributed by atoms with Crippen molar-refractivity contribution in [1.29, 1.82) is 5.53 Å². The van der Waals surface area contributed by atoms with Crippen LogP contribution >= 0.6 is 0 Å². The number of hydrogen-bond acceptors (Lipinski definition) is 11. The minimum absolute atomic E-state index is 0.368. The number of nitrogens with zero attached hydrogens (tertiary/aromatic N) is 2. The van der Waals surface area contributed by atoms with Crippen molar-refractivity contribution in [3.8, 4) is 0 Å². The minimum atomic E-state index is -1.40. The highest BCUT2D eigenvalue weighted by Gasteiger charge is 2.54. The van der Waals surface area contributed by atoms with Crippen molar-refractivity contribution < 1.29 is 42.9 Å².